The van der Waals surface area contributed by atoms with E-state index in [-0.39, 0.29) is 5.69 Å². The predicted octanol–water partition coefficient (Wildman–Crippen LogP) is 2.06. The minimum absolute atomic E-state index is 0.0214. The van der Waals surface area contributed by atoms with Crippen LogP contribution in [0.4, 0.5) is 11.5 Å². The Kier molecular flexibility index (Phi) is 3.39. The van der Waals surface area contributed by atoms with Gasteiger partial charge in [0.25, 0.3) is 0 Å². The number of nitrogens with zero attached hydrogens (tertiary/aromatic N) is 2. The fourth-order valence-corrected chi connectivity index (χ4v) is 0.981. The molecule has 0 atom stereocenters. The monoisotopic (exact) mass is 195 g/mol. The van der Waals surface area contributed by atoms with Gasteiger partial charge < -0.3 is 5.32 Å². The van der Waals surface area contributed by atoms with E-state index >= 15 is 0 Å². The van der Waals surface area contributed by atoms with Gasteiger partial charge in [-0.05, 0) is 12.0 Å². The minimum atomic E-state index is -0.435. The van der Waals surface area contributed by atoms with Crippen molar-refractivity contribution in [2.24, 2.45) is 5.92 Å². The van der Waals surface area contributed by atoms with Crippen molar-refractivity contribution in [1.29, 1.82) is 0 Å². The molecule has 0 radical (unpaired) electrons. The van der Waals surface area contributed by atoms with Crippen LogP contribution < -0.4 is 5.32 Å². The number of rotatable bonds is 4. The van der Waals surface area contributed by atoms with Gasteiger partial charge in [0.05, 0.1) is 4.92 Å². The normalized spacial score (nSPS) is 10.2. The first-order chi connectivity index (χ1) is 6.61. The molecule has 1 rings (SSSR count). The topological polar surface area (TPSA) is 68.1 Å². The Morgan fingerprint density at radius 1 is 1.64 bits per heavy atom. The first-order valence-corrected chi connectivity index (χ1v) is 4.44. The Balaban J connectivity index is 2.79. The van der Waals surface area contributed by atoms with Gasteiger partial charge in [-0.15, -0.1) is 0 Å². The highest BCUT2D eigenvalue weighted by Gasteiger charge is 2.13. The molecule has 0 aromatic carbocycles. The lowest BCUT2D eigenvalue weighted by Crippen LogP contribution is -2.10. The number of hydrogen-bond acceptors (Lipinski definition) is 4. The number of pyridine rings is 1. The molecular weight excluding hydrogens is 182 g/mol. The van der Waals surface area contributed by atoms with E-state index < -0.39 is 4.92 Å². The van der Waals surface area contributed by atoms with Crippen molar-refractivity contribution < 1.29 is 4.92 Å². The summed E-state index contributed by atoms with van der Waals surface area (Å²) in [6.45, 7) is 4.74. The maximum atomic E-state index is 10.6. The van der Waals surface area contributed by atoms with Gasteiger partial charge in [-0.25, -0.2) is 4.98 Å². The quantitative estimate of drug-likeness (QED) is 0.589. The molecule has 0 aliphatic rings. The smallest absolute Gasteiger partial charge is 0.311 e. The minimum Gasteiger partial charge on any atom is -0.364 e. The molecule has 0 aliphatic carbocycles. The van der Waals surface area contributed by atoms with Gasteiger partial charge in [0.15, 0.2) is 0 Å². The average Bonchev–Trinajstić information content (AvgIpc) is 2.15. The van der Waals surface area contributed by atoms with E-state index in [1.54, 1.807) is 6.07 Å². The van der Waals surface area contributed by atoms with E-state index in [4.69, 9.17) is 0 Å². The van der Waals surface area contributed by atoms with Gasteiger partial charge in [0.1, 0.15) is 0 Å². The number of aromatic nitrogens is 1. The van der Waals surface area contributed by atoms with Crippen LogP contribution in [-0.2, 0) is 0 Å². The first-order valence-electron chi connectivity index (χ1n) is 4.44. The van der Waals surface area contributed by atoms with Gasteiger partial charge in [-0.2, -0.15) is 0 Å². The number of hydrogen-bond donors (Lipinski definition) is 1. The molecule has 1 aromatic heterocycles. The van der Waals surface area contributed by atoms with Crippen LogP contribution in [0, 0.1) is 16.0 Å². The Morgan fingerprint density at radius 3 is 2.93 bits per heavy atom. The third-order valence-corrected chi connectivity index (χ3v) is 1.66. The Labute approximate surface area is 82.3 Å². The highest BCUT2D eigenvalue weighted by molar-refractivity contribution is 5.54. The van der Waals surface area contributed by atoms with Crippen LogP contribution in [0.15, 0.2) is 18.3 Å². The van der Waals surface area contributed by atoms with Crippen LogP contribution in [0.25, 0.3) is 0 Å². The predicted molar refractivity (Wildman–Crippen MR) is 54.2 cm³/mol. The van der Waals surface area contributed by atoms with E-state index in [1.165, 1.54) is 12.3 Å². The van der Waals surface area contributed by atoms with Gasteiger partial charge >= 0.3 is 5.69 Å². The summed E-state index contributed by atoms with van der Waals surface area (Å²) in [7, 11) is 0. The molecule has 0 aliphatic heterocycles. The molecule has 0 amide bonds. The van der Waals surface area contributed by atoms with Crippen LogP contribution in [-0.4, -0.2) is 16.5 Å². The van der Waals surface area contributed by atoms with Crippen molar-refractivity contribution >= 4 is 11.5 Å². The van der Waals surface area contributed by atoms with Crippen molar-refractivity contribution in [2.45, 2.75) is 13.8 Å². The molecule has 1 heterocycles. The molecule has 0 spiro atoms. The van der Waals surface area contributed by atoms with Crippen LogP contribution in [0.1, 0.15) is 13.8 Å². The summed E-state index contributed by atoms with van der Waals surface area (Å²) in [4.78, 5) is 14.1. The lowest BCUT2D eigenvalue weighted by molar-refractivity contribution is -0.384. The largest absolute Gasteiger partial charge is 0.364 e. The zero-order valence-electron chi connectivity index (χ0n) is 8.23. The summed E-state index contributed by atoms with van der Waals surface area (Å²) in [6, 6.07) is 2.99. The maximum absolute atomic E-state index is 10.6. The SMILES string of the molecule is CC(C)CNc1ncccc1[N+](=O)[O-]. The molecule has 0 bridgehead atoms. The summed E-state index contributed by atoms with van der Waals surface area (Å²) in [5.74, 6) is 0.766. The maximum Gasteiger partial charge on any atom is 0.311 e. The summed E-state index contributed by atoms with van der Waals surface area (Å²) >= 11 is 0. The fraction of sp³-hybridized carbons (Fsp3) is 0.444. The summed E-state index contributed by atoms with van der Waals surface area (Å²) in [5, 5.41) is 13.5. The average molecular weight is 195 g/mol. The number of nitrogens with one attached hydrogen (secondary N) is 1. The van der Waals surface area contributed by atoms with Gasteiger partial charge in [-0.1, -0.05) is 13.8 Å². The highest BCUT2D eigenvalue weighted by Crippen LogP contribution is 2.20. The van der Waals surface area contributed by atoms with E-state index in [1.807, 2.05) is 13.8 Å². The standard InChI is InChI=1S/C9H13N3O2/c1-7(2)6-11-9-8(12(13)14)4-3-5-10-9/h3-5,7H,6H2,1-2H3,(H,10,11). The second-order valence-electron chi connectivity index (χ2n) is 3.40. The van der Waals surface area contributed by atoms with Gasteiger partial charge in [-0.3, -0.25) is 10.1 Å². The molecule has 0 fully saturated rings. The van der Waals surface area contributed by atoms with Gasteiger partial charge in [0, 0.05) is 18.8 Å². The molecule has 5 nitrogen and oxygen atoms in total. The third-order valence-electron chi connectivity index (χ3n) is 1.66. The summed E-state index contributed by atoms with van der Waals surface area (Å²) < 4.78 is 0. The van der Waals surface area contributed by atoms with Crippen molar-refractivity contribution in [1.82, 2.24) is 4.98 Å². The van der Waals surface area contributed by atoms with E-state index in [0.717, 1.165) is 0 Å². The lowest BCUT2D eigenvalue weighted by Gasteiger charge is -2.07. The molecule has 1 aromatic rings. The molecule has 0 saturated carbocycles. The molecule has 0 unspecified atom stereocenters. The molecule has 76 valence electrons. The zero-order valence-corrected chi connectivity index (χ0v) is 8.23. The van der Waals surface area contributed by atoms with Crippen molar-refractivity contribution in [3.8, 4) is 0 Å². The highest BCUT2D eigenvalue weighted by atomic mass is 16.6. The summed E-state index contributed by atoms with van der Waals surface area (Å²) in [5.41, 5.74) is 0.0214. The number of anilines is 1. The van der Waals surface area contributed by atoms with Gasteiger partial charge in [0.2, 0.25) is 5.82 Å². The molecular formula is C9H13N3O2. The molecule has 1 N–H and O–H groups in total. The van der Waals surface area contributed by atoms with Crippen molar-refractivity contribution in [2.75, 3.05) is 11.9 Å². The first kappa shape index (κ1) is 10.4. The molecule has 0 saturated heterocycles. The zero-order chi connectivity index (χ0) is 10.6. The van der Waals surface area contributed by atoms with E-state index in [2.05, 4.69) is 10.3 Å². The van der Waals surface area contributed by atoms with Crippen molar-refractivity contribution in [3.05, 3.63) is 28.4 Å². The van der Waals surface area contributed by atoms with E-state index in [0.29, 0.717) is 18.3 Å². The summed E-state index contributed by atoms with van der Waals surface area (Å²) in [6.07, 6.45) is 1.54. The van der Waals surface area contributed by atoms with Crippen LogP contribution >= 0.6 is 0 Å². The molecule has 5 heteroatoms. The molecule has 14 heavy (non-hydrogen) atoms. The van der Waals surface area contributed by atoms with Crippen LogP contribution in [0.5, 0.6) is 0 Å². The number of nitro groups is 1. The van der Waals surface area contributed by atoms with Crippen LogP contribution in [0.2, 0.25) is 0 Å². The Hall–Kier alpha value is -1.65. The third kappa shape index (κ3) is 2.69. The van der Waals surface area contributed by atoms with E-state index in [9.17, 15) is 10.1 Å². The second kappa shape index (κ2) is 4.55. The second-order valence-corrected chi connectivity index (χ2v) is 3.40. The Bertz CT molecular complexity index is 326. The Morgan fingerprint density at radius 2 is 2.36 bits per heavy atom. The fourth-order valence-electron chi connectivity index (χ4n) is 0.981. The van der Waals surface area contributed by atoms with Crippen molar-refractivity contribution in [3.63, 3.8) is 0 Å². The lowest BCUT2D eigenvalue weighted by atomic mass is 10.2. The van der Waals surface area contributed by atoms with Crippen LogP contribution in [0.3, 0.4) is 0 Å².